The van der Waals surface area contributed by atoms with E-state index in [1.807, 2.05) is 13.0 Å². The fourth-order valence-electron chi connectivity index (χ4n) is 2.69. The van der Waals surface area contributed by atoms with Crippen LogP contribution in [0.1, 0.15) is 44.1 Å². The smallest absolute Gasteiger partial charge is 0.244 e. The average Bonchev–Trinajstić information content (AvgIpc) is 2.69. The van der Waals surface area contributed by atoms with Crippen molar-refractivity contribution >= 4 is 23.2 Å². The highest BCUT2D eigenvalue weighted by Crippen LogP contribution is 2.36. The molecular formula is C16H19ClN2O. The normalized spacial score (nSPS) is 17.9. The SMILES string of the molecule is Cc1ccc(Cl)cc1NC(=O)C1(C#N)CCCCCC1. The van der Waals surface area contributed by atoms with Crippen LogP contribution in [0.5, 0.6) is 0 Å². The summed E-state index contributed by atoms with van der Waals surface area (Å²) in [7, 11) is 0. The molecule has 1 aliphatic carbocycles. The van der Waals surface area contributed by atoms with E-state index in [-0.39, 0.29) is 5.91 Å². The minimum atomic E-state index is -0.884. The minimum Gasteiger partial charge on any atom is -0.324 e. The fourth-order valence-corrected chi connectivity index (χ4v) is 2.86. The van der Waals surface area contributed by atoms with Crippen molar-refractivity contribution in [1.29, 1.82) is 5.26 Å². The molecule has 1 aliphatic rings. The Morgan fingerprint density at radius 1 is 1.30 bits per heavy atom. The molecule has 1 saturated carbocycles. The van der Waals surface area contributed by atoms with E-state index in [2.05, 4.69) is 11.4 Å². The van der Waals surface area contributed by atoms with Crippen molar-refractivity contribution in [1.82, 2.24) is 0 Å². The Balaban J connectivity index is 2.21. The molecule has 0 spiro atoms. The summed E-state index contributed by atoms with van der Waals surface area (Å²) in [5, 5.41) is 13.0. The van der Waals surface area contributed by atoms with Crippen molar-refractivity contribution in [2.45, 2.75) is 45.4 Å². The first-order chi connectivity index (χ1) is 9.57. The number of aryl methyl sites for hydroxylation is 1. The topological polar surface area (TPSA) is 52.9 Å². The lowest BCUT2D eigenvalue weighted by Gasteiger charge is -2.24. The van der Waals surface area contributed by atoms with Gasteiger partial charge in [0.25, 0.3) is 0 Å². The summed E-state index contributed by atoms with van der Waals surface area (Å²) in [6, 6.07) is 7.65. The molecule has 3 nitrogen and oxygen atoms in total. The quantitative estimate of drug-likeness (QED) is 0.818. The highest BCUT2D eigenvalue weighted by Gasteiger charge is 2.39. The summed E-state index contributed by atoms with van der Waals surface area (Å²) >= 11 is 5.96. The monoisotopic (exact) mass is 290 g/mol. The third kappa shape index (κ3) is 3.13. The number of carbonyl (C=O) groups excluding carboxylic acids is 1. The Morgan fingerprint density at radius 3 is 2.55 bits per heavy atom. The van der Waals surface area contributed by atoms with Crippen molar-refractivity contribution in [3.8, 4) is 6.07 Å². The fraction of sp³-hybridized carbons (Fsp3) is 0.500. The van der Waals surface area contributed by atoms with Crippen LogP contribution in [0.15, 0.2) is 18.2 Å². The lowest BCUT2D eigenvalue weighted by molar-refractivity contribution is -0.123. The molecule has 1 fully saturated rings. The molecule has 0 aromatic heterocycles. The summed E-state index contributed by atoms with van der Waals surface area (Å²) in [4.78, 5) is 12.6. The molecule has 106 valence electrons. The first-order valence-electron chi connectivity index (χ1n) is 7.06. The lowest BCUT2D eigenvalue weighted by Crippen LogP contribution is -2.34. The maximum atomic E-state index is 12.6. The number of hydrogen-bond acceptors (Lipinski definition) is 2. The average molecular weight is 291 g/mol. The molecule has 0 heterocycles. The zero-order valence-electron chi connectivity index (χ0n) is 11.7. The number of rotatable bonds is 2. The lowest BCUT2D eigenvalue weighted by atomic mass is 9.81. The zero-order valence-corrected chi connectivity index (χ0v) is 12.5. The van der Waals surface area contributed by atoms with Gasteiger partial charge in [0, 0.05) is 10.7 Å². The van der Waals surface area contributed by atoms with Crippen LogP contribution in [0.25, 0.3) is 0 Å². The van der Waals surface area contributed by atoms with Crippen molar-refractivity contribution < 1.29 is 4.79 Å². The van der Waals surface area contributed by atoms with E-state index in [4.69, 9.17) is 11.6 Å². The molecule has 20 heavy (non-hydrogen) atoms. The molecule has 0 bridgehead atoms. The molecule has 0 saturated heterocycles. The van der Waals surface area contributed by atoms with Crippen LogP contribution in [0.2, 0.25) is 5.02 Å². The number of carbonyl (C=O) groups is 1. The number of hydrogen-bond donors (Lipinski definition) is 1. The van der Waals surface area contributed by atoms with Crippen LogP contribution in [0.3, 0.4) is 0 Å². The largest absolute Gasteiger partial charge is 0.324 e. The standard InChI is InChI=1S/C16H19ClN2O/c1-12-6-7-13(17)10-14(12)19-15(20)16(11-18)8-4-2-3-5-9-16/h6-7,10H,2-5,8-9H2,1H3,(H,19,20). The molecule has 0 unspecified atom stereocenters. The van der Waals surface area contributed by atoms with E-state index in [1.54, 1.807) is 12.1 Å². The van der Waals surface area contributed by atoms with Gasteiger partial charge < -0.3 is 5.32 Å². The molecule has 1 amide bonds. The van der Waals surface area contributed by atoms with Crippen LogP contribution in [0.4, 0.5) is 5.69 Å². The van der Waals surface area contributed by atoms with Crippen molar-refractivity contribution in [2.75, 3.05) is 5.32 Å². The van der Waals surface area contributed by atoms with Crippen LogP contribution >= 0.6 is 11.6 Å². The summed E-state index contributed by atoms with van der Waals surface area (Å²) < 4.78 is 0. The van der Waals surface area contributed by atoms with Gasteiger partial charge in [0.2, 0.25) is 5.91 Å². The second kappa shape index (κ2) is 6.28. The second-order valence-corrected chi connectivity index (χ2v) is 5.96. The molecule has 4 heteroatoms. The van der Waals surface area contributed by atoms with Gasteiger partial charge in [-0.25, -0.2) is 0 Å². The number of nitrogens with zero attached hydrogens (tertiary/aromatic N) is 1. The molecular weight excluding hydrogens is 272 g/mol. The van der Waals surface area contributed by atoms with Crippen molar-refractivity contribution in [3.05, 3.63) is 28.8 Å². The van der Waals surface area contributed by atoms with Gasteiger partial charge in [-0.05, 0) is 37.5 Å². The van der Waals surface area contributed by atoms with E-state index in [0.29, 0.717) is 23.6 Å². The van der Waals surface area contributed by atoms with Gasteiger partial charge in [-0.15, -0.1) is 0 Å². The van der Waals surface area contributed by atoms with Crippen LogP contribution in [0, 0.1) is 23.7 Å². The summed E-state index contributed by atoms with van der Waals surface area (Å²) in [6.07, 6.45) is 5.38. The molecule has 1 aromatic carbocycles. The Hall–Kier alpha value is -1.53. The van der Waals surface area contributed by atoms with Gasteiger partial charge in [-0.1, -0.05) is 43.4 Å². The second-order valence-electron chi connectivity index (χ2n) is 5.52. The Morgan fingerprint density at radius 2 is 1.95 bits per heavy atom. The Bertz CT molecular complexity index is 540. The number of anilines is 1. The number of nitrogens with one attached hydrogen (secondary N) is 1. The highest BCUT2D eigenvalue weighted by atomic mass is 35.5. The van der Waals surface area contributed by atoms with Crippen LogP contribution < -0.4 is 5.32 Å². The summed E-state index contributed by atoms with van der Waals surface area (Å²) in [5.74, 6) is -0.188. The van der Waals surface area contributed by atoms with E-state index in [1.165, 1.54) is 0 Å². The van der Waals surface area contributed by atoms with E-state index in [0.717, 1.165) is 31.2 Å². The minimum absolute atomic E-state index is 0.188. The Kier molecular flexibility index (Phi) is 4.67. The molecule has 0 radical (unpaired) electrons. The van der Waals surface area contributed by atoms with E-state index >= 15 is 0 Å². The molecule has 1 aromatic rings. The first kappa shape index (κ1) is 14.9. The maximum Gasteiger partial charge on any atom is 0.244 e. The highest BCUT2D eigenvalue weighted by molar-refractivity contribution is 6.31. The third-order valence-electron chi connectivity index (χ3n) is 4.05. The van der Waals surface area contributed by atoms with Crippen LogP contribution in [-0.4, -0.2) is 5.91 Å². The Labute approximate surface area is 124 Å². The van der Waals surface area contributed by atoms with Gasteiger partial charge in [0.1, 0.15) is 5.41 Å². The van der Waals surface area contributed by atoms with Gasteiger partial charge in [0.15, 0.2) is 0 Å². The summed E-state index contributed by atoms with van der Waals surface area (Å²) in [6.45, 7) is 1.91. The molecule has 1 N–H and O–H groups in total. The van der Waals surface area contributed by atoms with Gasteiger partial charge in [-0.2, -0.15) is 5.26 Å². The first-order valence-corrected chi connectivity index (χ1v) is 7.44. The van der Waals surface area contributed by atoms with Crippen LogP contribution in [-0.2, 0) is 4.79 Å². The predicted molar refractivity (Wildman–Crippen MR) is 80.6 cm³/mol. The van der Waals surface area contributed by atoms with E-state index in [9.17, 15) is 10.1 Å². The number of benzene rings is 1. The molecule has 0 atom stereocenters. The van der Waals surface area contributed by atoms with Crippen molar-refractivity contribution in [3.63, 3.8) is 0 Å². The number of amides is 1. The molecule has 0 aliphatic heterocycles. The van der Waals surface area contributed by atoms with Gasteiger partial charge in [-0.3, -0.25) is 4.79 Å². The third-order valence-corrected chi connectivity index (χ3v) is 4.29. The number of halogens is 1. The number of nitriles is 1. The predicted octanol–water partition coefficient (Wildman–Crippen LogP) is 4.45. The van der Waals surface area contributed by atoms with Crippen molar-refractivity contribution in [2.24, 2.45) is 5.41 Å². The van der Waals surface area contributed by atoms with Gasteiger partial charge in [0.05, 0.1) is 6.07 Å². The molecule has 2 rings (SSSR count). The van der Waals surface area contributed by atoms with Gasteiger partial charge >= 0.3 is 0 Å². The van der Waals surface area contributed by atoms with E-state index < -0.39 is 5.41 Å². The summed E-state index contributed by atoms with van der Waals surface area (Å²) in [5.41, 5.74) is 0.761. The zero-order chi connectivity index (χ0) is 14.6. The maximum absolute atomic E-state index is 12.6.